The van der Waals surface area contributed by atoms with Crippen molar-refractivity contribution in [2.75, 3.05) is 13.7 Å². The SMILES string of the molecule is CCC(N)(CCCCOC)c1ccccc1. The van der Waals surface area contributed by atoms with Crippen molar-refractivity contribution in [3.8, 4) is 0 Å². The first-order valence-corrected chi connectivity index (χ1v) is 6.06. The third-order valence-corrected chi connectivity index (χ3v) is 3.20. The summed E-state index contributed by atoms with van der Waals surface area (Å²) in [5, 5.41) is 0. The Labute approximate surface area is 98.8 Å². The first-order valence-electron chi connectivity index (χ1n) is 6.06. The summed E-state index contributed by atoms with van der Waals surface area (Å²) in [6.07, 6.45) is 4.20. The Balaban J connectivity index is 2.56. The van der Waals surface area contributed by atoms with Gasteiger partial charge >= 0.3 is 0 Å². The van der Waals surface area contributed by atoms with Gasteiger partial charge in [-0.1, -0.05) is 37.3 Å². The van der Waals surface area contributed by atoms with Crippen LogP contribution in [0.2, 0.25) is 0 Å². The molecule has 1 rings (SSSR count). The van der Waals surface area contributed by atoms with Crippen molar-refractivity contribution < 1.29 is 4.74 Å². The highest BCUT2D eigenvalue weighted by Gasteiger charge is 2.23. The number of nitrogens with two attached hydrogens (primary N) is 1. The second-order valence-corrected chi connectivity index (χ2v) is 4.33. The van der Waals surface area contributed by atoms with Crippen LogP contribution in [0.3, 0.4) is 0 Å². The van der Waals surface area contributed by atoms with E-state index in [9.17, 15) is 0 Å². The van der Waals surface area contributed by atoms with Crippen molar-refractivity contribution in [3.05, 3.63) is 35.9 Å². The maximum atomic E-state index is 6.46. The van der Waals surface area contributed by atoms with Crippen molar-refractivity contribution in [2.45, 2.75) is 38.1 Å². The van der Waals surface area contributed by atoms with Gasteiger partial charge in [-0.2, -0.15) is 0 Å². The Morgan fingerprint density at radius 2 is 1.88 bits per heavy atom. The van der Waals surface area contributed by atoms with E-state index in [1.54, 1.807) is 7.11 Å². The van der Waals surface area contributed by atoms with Crippen LogP contribution >= 0.6 is 0 Å². The molecule has 1 atom stereocenters. The summed E-state index contributed by atoms with van der Waals surface area (Å²) in [6.45, 7) is 2.98. The number of benzene rings is 1. The molecule has 2 nitrogen and oxygen atoms in total. The molecular weight excluding hydrogens is 198 g/mol. The summed E-state index contributed by atoms with van der Waals surface area (Å²) in [4.78, 5) is 0. The summed E-state index contributed by atoms with van der Waals surface area (Å²) in [5.74, 6) is 0. The van der Waals surface area contributed by atoms with Crippen LogP contribution in [0.15, 0.2) is 30.3 Å². The highest BCUT2D eigenvalue weighted by atomic mass is 16.5. The maximum absolute atomic E-state index is 6.46. The molecule has 0 fully saturated rings. The third kappa shape index (κ3) is 3.62. The molecule has 0 radical (unpaired) electrons. The zero-order valence-corrected chi connectivity index (χ0v) is 10.4. The predicted octanol–water partition coefficient (Wildman–Crippen LogP) is 3.07. The summed E-state index contributed by atoms with van der Waals surface area (Å²) in [7, 11) is 1.74. The average Bonchev–Trinajstić information content (AvgIpc) is 2.35. The molecule has 0 spiro atoms. The van der Waals surface area contributed by atoms with Gasteiger partial charge in [0.05, 0.1) is 0 Å². The summed E-state index contributed by atoms with van der Waals surface area (Å²) in [6, 6.07) is 10.4. The maximum Gasteiger partial charge on any atom is 0.0462 e. The van der Waals surface area contributed by atoms with Gasteiger partial charge in [0.15, 0.2) is 0 Å². The lowest BCUT2D eigenvalue weighted by Gasteiger charge is -2.29. The summed E-state index contributed by atoms with van der Waals surface area (Å²) >= 11 is 0. The molecule has 2 heteroatoms. The Morgan fingerprint density at radius 1 is 1.19 bits per heavy atom. The molecule has 0 heterocycles. The quantitative estimate of drug-likeness (QED) is 0.718. The minimum atomic E-state index is -0.172. The first kappa shape index (κ1) is 13.2. The van der Waals surface area contributed by atoms with Crippen molar-refractivity contribution >= 4 is 0 Å². The highest BCUT2D eigenvalue weighted by Crippen LogP contribution is 2.27. The monoisotopic (exact) mass is 221 g/mol. The van der Waals surface area contributed by atoms with Crippen LogP contribution in [0.25, 0.3) is 0 Å². The van der Waals surface area contributed by atoms with Crippen molar-refractivity contribution in [1.29, 1.82) is 0 Å². The van der Waals surface area contributed by atoms with Gasteiger partial charge in [0.1, 0.15) is 0 Å². The smallest absolute Gasteiger partial charge is 0.0462 e. The number of hydrogen-bond acceptors (Lipinski definition) is 2. The molecule has 0 aliphatic carbocycles. The molecule has 1 aromatic carbocycles. The van der Waals surface area contributed by atoms with Crippen LogP contribution in [-0.4, -0.2) is 13.7 Å². The van der Waals surface area contributed by atoms with E-state index in [-0.39, 0.29) is 5.54 Å². The van der Waals surface area contributed by atoms with E-state index in [0.29, 0.717) is 0 Å². The van der Waals surface area contributed by atoms with Crippen molar-refractivity contribution in [2.24, 2.45) is 5.73 Å². The molecule has 0 aliphatic rings. The molecular formula is C14H23NO. The van der Waals surface area contributed by atoms with E-state index in [4.69, 9.17) is 10.5 Å². The van der Waals surface area contributed by atoms with Crippen LogP contribution in [0, 0.1) is 0 Å². The van der Waals surface area contributed by atoms with E-state index in [1.807, 2.05) is 6.07 Å². The molecule has 0 aromatic heterocycles. The lowest BCUT2D eigenvalue weighted by molar-refractivity contribution is 0.188. The van der Waals surface area contributed by atoms with Crippen LogP contribution in [0.1, 0.15) is 38.2 Å². The van der Waals surface area contributed by atoms with Crippen LogP contribution in [0.4, 0.5) is 0 Å². The minimum Gasteiger partial charge on any atom is -0.385 e. The fraction of sp³-hybridized carbons (Fsp3) is 0.571. The van der Waals surface area contributed by atoms with Crippen molar-refractivity contribution in [3.63, 3.8) is 0 Å². The molecule has 1 unspecified atom stereocenters. The molecule has 2 N–H and O–H groups in total. The van der Waals surface area contributed by atoms with E-state index >= 15 is 0 Å². The second-order valence-electron chi connectivity index (χ2n) is 4.33. The first-order chi connectivity index (χ1) is 7.73. The third-order valence-electron chi connectivity index (χ3n) is 3.20. The molecule has 1 aromatic rings. The van der Waals surface area contributed by atoms with Gasteiger partial charge in [-0.05, 0) is 31.2 Å². The van der Waals surface area contributed by atoms with E-state index in [2.05, 4.69) is 31.2 Å². The predicted molar refractivity (Wildman–Crippen MR) is 68.3 cm³/mol. The van der Waals surface area contributed by atoms with E-state index in [0.717, 1.165) is 32.3 Å². The Hall–Kier alpha value is -0.860. The van der Waals surface area contributed by atoms with Crippen LogP contribution in [-0.2, 0) is 10.3 Å². The number of methoxy groups -OCH3 is 1. The molecule has 0 saturated carbocycles. The number of hydrogen-bond donors (Lipinski definition) is 1. The van der Waals surface area contributed by atoms with Gasteiger partial charge in [0.2, 0.25) is 0 Å². The van der Waals surface area contributed by atoms with Gasteiger partial charge in [-0.25, -0.2) is 0 Å². The standard InChI is InChI=1S/C14H23NO/c1-3-14(15,11-7-8-12-16-2)13-9-5-4-6-10-13/h4-6,9-10H,3,7-8,11-12,15H2,1-2H3. The number of unbranched alkanes of at least 4 members (excludes halogenated alkanes) is 1. The normalized spacial score (nSPS) is 14.7. The largest absolute Gasteiger partial charge is 0.385 e. The van der Waals surface area contributed by atoms with Crippen molar-refractivity contribution in [1.82, 2.24) is 0 Å². The van der Waals surface area contributed by atoms with Gasteiger partial charge in [-0.3, -0.25) is 0 Å². The zero-order valence-electron chi connectivity index (χ0n) is 10.4. The topological polar surface area (TPSA) is 35.2 Å². The Kier molecular flexibility index (Phi) is 5.50. The van der Waals surface area contributed by atoms with Gasteiger partial charge < -0.3 is 10.5 Å². The molecule has 0 aliphatic heterocycles. The van der Waals surface area contributed by atoms with E-state index in [1.165, 1.54) is 5.56 Å². The second kappa shape index (κ2) is 6.66. The molecule has 16 heavy (non-hydrogen) atoms. The Morgan fingerprint density at radius 3 is 2.44 bits per heavy atom. The lowest BCUT2D eigenvalue weighted by Crippen LogP contribution is -2.35. The average molecular weight is 221 g/mol. The Bertz CT molecular complexity index is 286. The fourth-order valence-corrected chi connectivity index (χ4v) is 1.98. The highest BCUT2D eigenvalue weighted by molar-refractivity contribution is 5.23. The summed E-state index contributed by atoms with van der Waals surface area (Å²) < 4.78 is 5.06. The zero-order chi connectivity index (χ0) is 11.9. The molecule has 90 valence electrons. The van der Waals surface area contributed by atoms with Crippen LogP contribution < -0.4 is 5.73 Å². The summed E-state index contributed by atoms with van der Waals surface area (Å²) in [5.41, 5.74) is 7.53. The molecule has 0 amide bonds. The van der Waals surface area contributed by atoms with Gasteiger partial charge in [0, 0.05) is 19.3 Å². The lowest BCUT2D eigenvalue weighted by atomic mass is 9.84. The molecule has 0 bridgehead atoms. The number of rotatable bonds is 7. The fourth-order valence-electron chi connectivity index (χ4n) is 1.98. The van der Waals surface area contributed by atoms with E-state index < -0.39 is 0 Å². The molecule has 0 saturated heterocycles. The van der Waals surface area contributed by atoms with Gasteiger partial charge in [0.25, 0.3) is 0 Å². The number of ether oxygens (including phenoxy) is 1. The minimum absolute atomic E-state index is 0.172. The van der Waals surface area contributed by atoms with Gasteiger partial charge in [-0.15, -0.1) is 0 Å². The van der Waals surface area contributed by atoms with Crippen LogP contribution in [0.5, 0.6) is 0 Å².